The molecule has 0 aliphatic rings. The van der Waals surface area contributed by atoms with Crippen molar-refractivity contribution in [2.24, 2.45) is 0 Å². The van der Waals surface area contributed by atoms with Gasteiger partial charge in [-0.1, -0.05) is 60.7 Å². The average molecular weight is 299 g/mol. The standard InChI is InChI=1S/C18H21NO3/c1-19(16(12-13-20)14-8-4-2-5-9-14)18(22)17(21)15-10-6-3-7-11-15/h2-11,16-17,20-21H,12-13H2,1H3/t16?,17-/m1/s1. The van der Waals surface area contributed by atoms with Crippen molar-refractivity contribution in [1.29, 1.82) is 0 Å². The molecular formula is C18H21NO3. The molecule has 4 heteroatoms. The number of benzene rings is 2. The summed E-state index contributed by atoms with van der Waals surface area (Å²) < 4.78 is 0. The lowest BCUT2D eigenvalue weighted by atomic mass is 10.0. The van der Waals surface area contributed by atoms with E-state index in [1.54, 1.807) is 31.3 Å². The Morgan fingerprint density at radius 3 is 2.00 bits per heavy atom. The molecule has 4 nitrogen and oxygen atoms in total. The highest BCUT2D eigenvalue weighted by Crippen LogP contribution is 2.26. The Kier molecular flexibility index (Phi) is 5.69. The van der Waals surface area contributed by atoms with Crippen LogP contribution in [0.25, 0.3) is 0 Å². The Hall–Kier alpha value is -2.17. The maximum Gasteiger partial charge on any atom is 0.256 e. The molecule has 0 aliphatic heterocycles. The normalized spacial score (nSPS) is 13.4. The van der Waals surface area contributed by atoms with Crippen molar-refractivity contribution in [3.63, 3.8) is 0 Å². The van der Waals surface area contributed by atoms with Gasteiger partial charge in [0.25, 0.3) is 5.91 Å². The molecule has 2 aromatic rings. The minimum absolute atomic E-state index is 0.0292. The molecule has 0 heterocycles. The third kappa shape index (κ3) is 3.72. The van der Waals surface area contributed by atoms with Gasteiger partial charge < -0.3 is 15.1 Å². The second kappa shape index (κ2) is 7.73. The highest BCUT2D eigenvalue weighted by atomic mass is 16.3. The van der Waals surface area contributed by atoms with Gasteiger partial charge in [-0.05, 0) is 17.5 Å². The number of carbonyl (C=O) groups excluding carboxylic acids is 1. The van der Waals surface area contributed by atoms with E-state index in [0.717, 1.165) is 5.56 Å². The molecule has 0 bridgehead atoms. The molecule has 22 heavy (non-hydrogen) atoms. The Balaban J connectivity index is 2.19. The lowest BCUT2D eigenvalue weighted by Crippen LogP contribution is -2.35. The lowest BCUT2D eigenvalue weighted by molar-refractivity contribution is -0.141. The summed E-state index contributed by atoms with van der Waals surface area (Å²) >= 11 is 0. The van der Waals surface area contributed by atoms with Crippen molar-refractivity contribution < 1.29 is 15.0 Å². The predicted octanol–water partition coefficient (Wildman–Crippen LogP) is 2.30. The molecule has 0 saturated carbocycles. The first-order valence-electron chi connectivity index (χ1n) is 7.30. The first-order chi connectivity index (χ1) is 10.6. The molecule has 0 fully saturated rings. The fourth-order valence-electron chi connectivity index (χ4n) is 2.51. The summed E-state index contributed by atoms with van der Waals surface area (Å²) in [6.45, 7) is -0.0292. The average Bonchev–Trinajstić information content (AvgIpc) is 2.59. The first-order valence-corrected chi connectivity index (χ1v) is 7.30. The molecule has 0 aromatic heterocycles. The van der Waals surface area contributed by atoms with Crippen LogP contribution in [-0.4, -0.2) is 34.7 Å². The van der Waals surface area contributed by atoms with E-state index in [4.69, 9.17) is 0 Å². The molecule has 1 unspecified atom stereocenters. The van der Waals surface area contributed by atoms with E-state index >= 15 is 0 Å². The van der Waals surface area contributed by atoms with Gasteiger partial charge in [0.05, 0.1) is 6.04 Å². The Labute approximate surface area is 130 Å². The van der Waals surface area contributed by atoms with Crippen molar-refractivity contribution in [3.8, 4) is 0 Å². The summed E-state index contributed by atoms with van der Waals surface area (Å²) in [6.07, 6.45) is -0.774. The van der Waals surface area contributed by atoms with E-state index in [2.05, 4.69) is 0 Å². The third-order valence-electron chi connectivity index (χ3n) is 3.75. The quantitative estimate of drug-likeness (QED) is 0.860. The van der Waals surface area contributed by atoms with Crippen LogP contribution in [0.3, 0.4) is 0 Å². The van der Waals surface area contributed by atoms with E-state index in [1.165, 1.54) is 4.90 Å². The number of likely N-dealkylation sites (N-methyl/N-ethyl adjacent to an activating group) is 1. The third-order valence-corrected chi connectivity index (χ3v) is 3.75. The lowest BCUT2D eigenvalue weighted by Gasteiger charge is -2.30. The molecule has 0 radical (unpaired) electrons. The van der Waals surface area contributed by atoms with Gasteiger partial charge in [0.15, 0.2) is 6.10 Å². The van der Waals surface area contributed by atoms with Crippen molar-refractivity contribution in [1.82, 2.24) is 4.90 Å². The molecule has 2 rings (SSSR count). The van der Waals surface area contributed by atoms with Crippen LogP contribution in [0, 0.1) is 0 Å². The first kappa shape index (κ1) is 16.2. The summed E-state index contributed by atoms with van der Waals surface area (Å²) in [4.78, 5) is 14.0. The molecule has 0 spiro atoms. The molecule has 0 saturated heterocycles. The van der Waals surface area contributed by atoms with E-state index in [1.807, 2.05) is 36.4 Å². The number of aliphatic hydroxyl groups excluding tert-OH is 2. The fourth-order valence-corrected chi connectivity index (χ4v) is 2.51. The fraction of sp³-hybridized carbons (Fsp3) is 0.278. The summed E-state index contributed by atoms with van der Waals surface area (Å²) in [5.74, 6) is -0.381. The maximum atomic E-state index is 12.5. The van der Waals surface area contributed by atoms with Crippen LogP contribution in [0.1, 0.15) is 29.7 Å². The number of nitrogens with zero attached hydrogens (tertiary/aromatic N) is 1. The van der Waals surface area contributed by atoms with Crippen LogP contribution < -0.4 is 0 Å². The van der Waals surface area contributed by atoms with Crippen LogP contribution >= 0.6 is 0 Å². The number of hydrogen-bond acceptors (Lipinski definition) is 3. The maximum absolute atomic E-state index is 12.5. The topological polar surface area (TPSA) is 60.8 Å². The van der Waals surface area contributed by atoms with E-state index in [-0.39, 0.29) is 18.6 Å². The molecule has 0 aliphatic carbocycles. The van der Waals surface area contributed by atoms with Gasteiger partial charge in [-0.2, -0.15) is 0 Å². The number of hydrogen-bond donors (Lipinski definition) is 2. The SMILES string of the molecule is CN(C(=O)[C@H](O)c1ccccc1)C(CCO)c1ccccc1. The van der Waals surface area contributed by atoms with Gasteiger partial charge in [0.1, 0.15) is 0 Å². The highest BCUT2D eigenvalue weighted by Gasteiger charge is 2.27. The van der Waals surface area contributed by atoms with Gasteiger partial charge in [-0.15, -0.1) is 0 Å². The number of amides is 1. The number of rotatable bonds is 6. The molecular weight excluding hydrogens is 278 g/mol. The Morgan fingerprint density at radius 1 is 1.00 bits per heavy atom. The van der Waals surface area contributed by atoms with Gasteiger partial charge in [0, 0.05) is 13.7 Å². The van der Waals surface area contributed by atoms with Crippen molar-refractivity contribution >= 4 is 5.91 Å². The molecule has 1 amide bonds. The van der Waals surface area contributed by atoms with Gasteiger partial charge >= 0.3 is 0 Å². The zero-order valence-corrected chi connectivity index (χ0v) is 12.6. The van der Waals surface area contributed by atoms with E-state index in [9.17, 15) is 15.0 Å². The van der Waals surface area contributed by atoms with Gasteiger partial charge in [-0.25, -0.2) is 0 Å². The highest BCUT2D eigenvalue weighted by molar-refractivity contribution is 5.82. The molecule has 2 atom stereocenters. The van der Waals surface area contributed by atoms with Gasteiger partial charge in [0.2, 0.25) is 0 Å². The van der Waals surface area contributed by atoms with Crippen molar-refractivity contribution in [2.45, 2.75) is 18.6 Å². The molecule has 2 N–H and O–H groups in total. The zero-order valence-electron chi connectivity index (χ0n) is 12.6. The minimum atomic E-state index is -1.20. The Bertz CT molecular complexity index is 586. The predicted molar refractivity (Wildman–Crippen MR) is 85.1 cm³/mol. The van der Waals surface area contributed by atoms with E-state index < -0.39 is 6.10 Å². The van der Waals surface area contributed by atoms with Crippen LogP contribution in [-0.2, 0) is 4.79 Å². The largest absolute Gasteiger partial charge is 0.396 e. The number of carbonyl (C=O) groups is 1. The van der Waals surface area contributed by atoms with Crippen LogP contribution in [0.5, 0.6) is 0 Å². The van der Waals surface area contributed by atoms with Crippen LogP contribution in [0.2, 0.25) is 0 Å². The smallest absolute Gasteiger partial charge is 0.256 e. The van der Waals surface area contributed by atoms with Crippen molar-refractivity contribution in [2.75, 3.05) is 13.7 Å². The van der Waals surface area contributed by atoms with Crippen LogP contribution in [0.4, 0.5) is 0 Å². The van der Waals surface area contributed by atoms with E-state index in [0.29, 0.717) is 12.0 Å². The van der Waals surface area contributed by atoms with Crippen molar-refractivity contribution in [3.05, 3.63) is 71.8 Å². The summed E-state index contributed by atoms with van der Waals surface area (Å²) in [6, 6.07) is 18.1. The summed E-state index contributed by atoms with van der Waals surface area (Å²) in [7, 11) is 1.65. The second-order valence-corrected chi connectivity index (χ2v) is 5.20. The zero-order chi connectivity index (χ0) is 15.9. The number of aliphatic hydroxyl groups is 2. The monoisotopic (exact) mass is 299 g/mol. The molecule has 116 valence electrons. The summed E-state index contributed by atoms with van der Waals surface area (Å²) in [5, 5.41) is 19.6. The summed E-state index contributed by atoms with van der Waals surface area (Å²) in [5.41, 5.74) is 1.50. The van der Waals surface area contributed by atoms with Gasteiger partial charge in [-0.3, -0.25) is 4.79 Å². The second-order valence-electron chi connectivity index (χ2n) is 5.20. The minimum Gasteiger partial charge on any atom is -0.396 e. The molecule has 2 aromatic carbocycles. The van der Waals surface area contributed by atoms with Crippen LogP contribution in [0.15, 0.2) is 60.7 Å². The Morgan fingerprint density at radius 2 is 1.50 bits per heavy atom.